The van der Waals surface area contributed by atoms with Crippen molar-refractivity contribution in [3.8, 4) is 0 Å². The summed E-state index contributed by atoms with van der Waals surface area (Å²) in [5, 5.41) is 12.6. The van der Waals surface area contributed by atoms with Gasteiger partial charge >= 0.3 is 5.97 Å². The third kappa shape index (κ3) is 1.18. The summed E-state index contributed by atoms with van der Waals surface area (Å²) in [4.78, 5) is 17.9. The first-order valence-corrected chi connectivity index (χ1v) is 3.71. The van der Waals surface area contributed by atoms with Crippen molar-refractivity contribution in [1.82, 2.24) is 19.6 Å². The molecule has 65 valence electrons. The predicted octanol–water partition coefficient (Wildman–Crippen LogP) is 0.379. The number of aromatic nitrogens is 4. The molecule has 0 aliphatic heterocycles. The SMILES string of the molecule is O=C(O)c1nc2nccc([S])n2n1. The van der Waals surface area contributed by atoms with Crippen molar-refractivity contribution in [3.63, 3.8) is 0 Å². The van der Waals surface area contributed by atoms with E-state index in [0.29, 0.717) is 5.03 Å². The second kappa shape index (κ2) is 2.63. The van der Waals surface area contributed by atoms with Crippen LogP contribution in [0, 0.1) is 0 Å². The van der Waals surface area contributed by atoms with E-state index >= 15 is 0 Å². The fourth-order valence-corrected chi connectivity index (χ4v) is 1.05. The Morgan fingerprint density at radius 2 is 2.38 bits per heavy atom. The van der Waals surface area contributed by atoms with Gasteiger partial charge in [-0.3, -0.25) is 0 Å². The van der Waals surface area contributed by atoms with E-state index in [2.05, 4.69) is 15.1 Å². The highest BCUT2D eigenvalue weighted by molar-refractivity contribution is 7.80. The van der Waals surface area contributed by atoms with Gasteiger partial charge in [0.15, 0.2) is 0 Å². The Labute approximate surface area is 77.7 Å². The maximum absolute atomic E-state index is 10.5. The maximum atomic E-state index is 10.5. The quantitative estimate of drug-likeness (QED) is 0.665. The van der Waals surface area contributed by atoms with E-state index in [1.807, 2.05) is 0 Å². The first-order valence-electron chi connectivity index (χ1n) is 3.30. The highest BCUT2D eigenvalue weighted by Gasteiger charge is 2.12. The molecular formula is C6H3N4O2S. The monoisotopic (exact) mass is 195 g/mol. The molecule has 0 fully saturated rings. The van der Waals surface area contributed by atoms with E-state index in [4.69, 9.17) is 17.7 Å². The van der Waals surface area contributed by atoms with Crippen LogP contribution in [0.3, 0.4) is 0 Å². The van der Waals surface area contributed by atoms with E-state index in [9.17, 15) is 4.79 Å². The van der Waals surface area contributed by atoms with Gasteiger partial charge in [-0.1, -0.05) is 12.6 Å². The molecule has 2 heterocycles. The van der Waals surface area contributed by atoms with E-state index in [1.165, 1.54) is 10.7 Å². The Kier molecular flexibility index (Phi) is 1.59. The molecule has 6 nitrogen and oxygen atoms in total. The Hall–Kier alpha value is -1.76. The largest absolute Gasteiger partial charge is 0.475 e. The fourth-order valence-electron chi connectivity index (χ4n) is 0.864. The van der Waals surface area contributed by atoms with Crippen LogP contribution in [0.5, 0.6) is 0 Å². The van der Waals surface area contributed by atoms with Gasteiger partial charge in [0.2, 0.25) is 0 Å². The number of rotatable bonds is 1. The summed E-state index contributed by atoms with van der Waals surface area (Å²) in [5.41, 5.74) is 0. The molecule has 7 heteroatoms. The van der Waals surface area contributed by atoms with Gasteiger partial charge in [0, 0.05) is 6.20 Å². The zero-order chi connectivity index (χ0) is 9.42. The van der Waals surface area contributed by atoms with E-state index in [1.54, 1.807) is 6.07 Å². The molecule has 0 amide bonds. The number of carboxylic acid groups (broad SMARTS) is 1. The molecule has 0 aliphatic carbocycles. The average molecular weight is 195 g/mol. The number of hydrogen-bond acceptors (Lipinski definition) is 4. The molecule has 13 heavy (non-hydrogen) atoms. The van der Waals surface area contributed by atoms with Gasteiger partial charge in [-0.2, -0.15) is 9.50 Å². The van der Waals surface area contributed by atoms with Crippen LogP contribution < -0.4 is 0 Å². The summed E-state index contributed by atoms with van der Waals surface area (Å²) in [7, 11) is 0. The Balaban J connectivity index is 2.75. The van der Waals surface area contributed by atoms with Crippen LogP contribution in [0.4, 0.5) is 0 Å². The highest BCUT2D eigenvalue weighted by Crippen LogP contribution is 2.06. The molecule has 1 N–H and O–H groups in total. The number of nitrogens with zero attached hydrogens (tertiary/aromatic N) is 4. The average Bonchev–Trinajstić information content (AvgIpc) is 2.49. The molecule has 2 aromatic rings. The third-order valence-corrected chi connectivity index (χ3v) is 1.71. The van der Waals surface area contributed by atoms with Crippen molar-refractivity contribution in [1.29, 1.82) is 0 Å². The van der Waals surface area contributed by atoms with Crippen molar-refractivity contribution in [2.75, 3.05) is 0 Å². The van der Waals surface area contributed by atoms with Gasteiger partial charge in [0.05, 0.1) is 0 Å². The topological polar surface area (TPSA) is 80.4 Å². The van der Waals surface area contributed by atoms with Gasteiger partial charge in [0.25, 0.3) is 11.6 Å². The minimum atomic E-state index is -1.19. The van der Waals surface area contributed by atoms with Gasteiger partial charge in [0.1, 0.15) is 5.03 Å². The zero-order valence-electron chi connectivity index (χ0n) is 6.21. The number of carbonyl (C=O) groups is 1. The summed E-state index contributed by atoms with van der Waals surface area (Å²) in [6, 6.07) is 1.54. The number of carboxylic acids is 1. The molecule has 2 rings (SSSR count). The fraction of sp³-hybridized carbons (Fsp3) is 0. The highest BCUT2D eigenvalue weighted by atomic mass is 32.1. The number of fused-ring (bicyclic) bond motifs is 1. The van der Waals surface area contributed by atoms with Crippen LogP contribution >= 0.6 is 12.6 Å². The lowest BCUT2D eigenvalue weighted by Gasteiger charge is -1.90. The van der Waals surface area contributed by atoms with Crippen molar-refractivity contribution < 1.29 is 9.90 Å². The number of aromatic carboxylic acids is 1. The van der Waals surface area contributed by atoms with Crippen LogP contribution in [-0.4, -0.2) is 30.7 Å². The third-order valence-electron chi connectivity index (χ3n) is 1.40. The zero-order valence-corrected chi connectivity index (χ0v) is 7.02. The van der Waals surface area contributed by atoms with E-state index in [-0.39, 0.29) is 11.6 Å². The summed E-state index contributed by atoms with van der Waals surface area (Å²) < 4.78 is 1.21. The Morgan fingerprint density at radius 1 is 1.62 bits per heavy atom. The second-order valence-electron chi connectivity index (χ2n) is 2.24. The number of hydrogen-bond donors (Lipinski definition) is 1. The molecule has 1 radical (unpaired) electrons. The minimum absolute atomic E-state index is 0.199. The van der Waals surface area contributed by atoms with Crippen LogP contribution in [0.2, 0.25) is 0 Å². The summed E-state index contributed by atoms with van der Waals surface area (Å²) in [6.07, 6.45) is 1.46. The van der Waals surface area contributed by atoms with Gasteiger partial charge < -0.3 is 5.11 Å². The molecule has 0 saturated carbocycles. The molecule has 0 saturated heterocycles. The van der Waals surface area contributed by atoms with Gasteiger partial charge in [-0.25, -0.2) is 9.78 Å². The Morgan fingerprint density at radius 3 is 3.00 bits per heavy atom. The molecule has 0 spiro atoms. The lowest BCUT2D eigenvalue weighted by molar-refractivity contribution is 0.0683. The van der Waals surface area contributed by atoms with Crippen molar-refractivity contribution in [2.45, 2.75) is 5.03 Å². The Bertz CT molecular complexity index is 480. The molecule has 0 unspecified atom stereocenters. The molecular weight excluding hydrogens is 192 g/mol. The standard InChI is InChI=1S/C6H3N4O2S/c11-5(12)4-8-6-7-2-1-3(13)10(6)9-4/h1-2H,(H,11,12). The van der Waals surface area contributed by atoms with Crippen LogP contribution in [-0.2, 0) is 0 Å². The van der Waals surface area contributed by atoms with Crippen molar-refractivity contribution >= 4 is 24.4 Å². The first-order chi connectivity index (χ1) is 6.18. The van der Waals surface area contributed by atoms with Crippen LogP contribution in [0.25, 0.3) is 5.78 Å². The maximum Gasteiger partial charge on any atom is 0.375 e. The minimum Gasteiger partial charge on any atom is -0.475 e. The van der Waals surface area contributed by atoms with E-state index < -0.39 is 5.97 Å². The van der Waals surface area contributed by atoms with Crippen LogP contribution in [0.1, 0.15) is 10.6 Å². The van der Waals surface area contributed by atoms with Crippen molar-refractivity contribution in [2.24, 2.45) is 0 Å². The predicted molar refractivity (Wildman–Crippen MR) is 43.6 cm³/mol. The van der Waals surface area contributed by atoms with E-state index in [0.717, 1.165) is 0 Å². The smallest absolute Gasteiger partial charge is 0.375 e. The summed E-state index contributed by atoms with van der Waals surface area (Å²) in [5.74, 6) is -1.30. The van der Waals surface area contributed by atoms with Gasteiger partial charge in [-0.15, -0.1) is 5.10 Å². The second-order valence-corrected chi connectivity index (χ2v) is 2.65. The van der Waals surface area contributed by atoms with Crippen LogP contribution in [0.15, 0.2) is 17.3 Å². The lowest BCUT2D eigenvalue weighted by atomic mass is 10.6. The lowest BCUT2D eigenvalue weighted by Crippen LogP contribution is -1.99. The summed E-state index contributed by atoms with van der Waals surface area (Å²) in [6.45, 7) is 0. The normalized spacial score (nSPS) is 10.5. The van der Waals surface area contributed by atoms with Crippen molar-refractivity contribution in [3.05, 3.63) is 18.1 Å². The molecule has 0 aromatic carbocycles. The first kappa shape index (κ1) is 7.87. The molecule has 0 bridgehead atoms. The molecule has 2 aromatic heterocycles. The summed E-state index contributed by atoms with van der Waals surface area (Å²) >= 11 is 4.88. The molecule has 0 atom stereocenters. The molecule has 0 aliphatic rings. The van der Waals surface area contributed by atoms with Gasteiger partial charge in [-0.05, 0) is 6.07 Å².